The average Bonchev–Trinajstić information content (AvgIpc) is 3.12. The Kier molecular flexibility index (Phi) is 5.26. The lowest BCUT2D eigenvalue weighted by molar-refractivity contribution is -0.128. The number of hydrogen-bond donors (Lipinski definition) is 0. The van der Waals surface area contributed by atoms with Crippen LogP contribution in [-0.4, -0.2) is 36.8 Å². The van der Waals surface area contributed by atoms with E-state index >= 15 is 0 Å². The first kappa shape index (κ1) is 23.2. The Morgan fingerprint density at radius 3 is 2.47 bits per heavy atom. The highest BCUT2D eigenvalue weighted by molar-refractivity contribution is 7.86. The van der Waals surface area contributed by atoms with E-state index in [1.165, 1.54) is 0 Å². The minimum Gasteiger partial charge on any atom is -0.299 e. The Balaban J connectivity index is 1.49. The van der Waals surface area contributed by atoms with Crippen molar-refractivity contribution in [2.75, 3.05) is 5.75 Å². The molecule has 180 valence electrons. The van der Waals surface area contributed by atoms with Gasteiger partial charge in [-0.2, -0.15) is 8.42 Å². The molecule has 1 aliphatic heterocycles. The SMILES string of the molecule is CCCCc1cc2c3c(cccc3c1)C(=O)N(OS(=O)(=O)CC13CCC(CC1=O)C3(C)C)C2=O. The van der Waals surface area contributed by atoms with Crippen molar-refractivity contribution in [1.29, 1.82) is 0 Å². The molecule has 2 aromatic carbocycles. The maximum Gasteiger partial charge on any atom is 0.289 e. The number of nitrogens with zero attached hydrogens (tertiary/aromatic N) is 1. The number of amides is 2. The predicted octanol–water partition coefficient (Wildman–Crippen LogP) is 4.44. The fraction of sp³-hybridized carbons (Fsp3) is 0.500. The Morgan fingerprint density at radius 1 is 1.09 bits per heavy atom. The van der Waals surface area contributed by atoms with Crippen LogP contribution in [0.1, 0.15) is 79.2 Å². The molecule has 0 radical (unpaired) electrons. The number of carbonyl (C=O) groups excluding carboxylic acids is 3. The summed E-state index contributed by atoms with van der Waals surface area (Å²) in [5.74, 6) is -2.08. The summed E-state index contributed by atoms with van der Waals surface area (Å²) in [7, 11) is -4.41. The standard InChI is InChI=1S/C26H29NO6S/c1-4-5-7-16-12-17-8-6-9-19-22(17)20(13-16)24(30)27(23(19)29)33-34(31,32)15-26-11-10-18(14-21(26)28)25(26,2)3/h6,8-9,12-13,18H,4-5,7,10-11,14-15H2,1-3H3. The molecule has 34 heavy (non-hydrogen) atoms. The van der Waals surface area contributed by atoms with Gasteiger partial charge in [0.15, 0.2) is 0 Å². The van der Waals surface area contributed by atoms with E-state index in [9.17, 15) is 22.8 Å². The van der Waals surface area contributed by atoms with E-state index < -0.39 is 38.5 Å². The van der Waals surface area contributed by atoms with Gasteiger partial charge in [0.25, 0.3) is 21.9 Å². The van der Waals surface area contributed by atoms with Crippen LogP contribution in [0.25, 0.3) is 10.8 Å². The van der Waals surface area contributed by atoms with Crippen molar-refractivity contribution in [1.82, 2.24) is 5.06 Å². The van der Waals surface area contributed by atoms with E-state index in [-0.39, 0.29) is 22.8 Å². The maximum absolute atomic E-state index is 13.4. The molecule has 2 atom stereocenters. The van der Waals surface area contributed by atoms with Gasteiger partial charge in [-0.25, -0.2) is 0 Å². The normalized spacial score (nSPS) is 25.6. The van der Waals surface area contributed by atoms with Gasteiger partial charge in [-0.3, -0.25) is 14.4 Å². The topological polar surface area (TPSA) is 97.8 Å². The minimum atomic E-state index is -4.41. The number of Topliss-reactive ketones (excluding diaryl/α,β-unsaturated/α-hetero) is 1. The molecule has 2 unspecified atom stereocenters. The Morgan fingerprint density at radius 2 is 1.82 bits per heavy atom. The molecule has 2 aliphatic carbocycles. The van der Waals surface area contributed by atoms with Gasteiger partial charge >= 0.3 is 0 Å². The van der Waals surface area contributed by atoms with Crippen LogP contribution in [0.5, 0.6) is 0 Å². The zero-order chi connectivity index (χ0) is 24.5. The van der Waals surface area contributed by atoms with E-state index in [2.05, 4.69) is 6.92 Å². The van der Waals surface area contributed by atoms with Gasteiger partial charge in [0.1, 0.15) is 5.78 Å². The maximum atomic E-state index is 13.4. The van der Waals surface area contributed by atoms with Crippen LogP contribution in [-0.2, 0) is 25.6 Å². The summed E-state index contributed by atoms with van der Waals surface area (Å²) in [6.45, 7) is 5.93. The highest BCUT2D eigenvalue weighted by Crippen LogP contribution is 2.64. The monoisotopic (exact) mass is 483 g/mol. The molecule has 7 nitrogen and oxygen atoms in total. The fourth-order valence-electron chi connectivity index (χ4n) is 6.29. The summed E-state index contributed by atoms with van der Waals surface area (Å²) >= 11 is 0. The summed E-state index contributed by atoms with van der Waals surface area (Å²) in [4.78, 5) is 39.4. The molecule has 1 heterocycles. The molecule has 8 heteroatoms. The van der Waals surface area contributed by atoms with Crippen LogP contribution >= 0.6 is 0 Å². The van der Waals surface area contributed by atoms with Gasteiger partial charge < -0.3 is 0 Å². The predicted molar refractivity (Wildman–Crippen MR) is 126 cm³/mol. The highest BCUT2D eigenvalue weighted by Gasteiger charge is 2.65. The van der Waals surface area contributed by atoms with E-state index in [4.69, 9.17) is 4.28 Å². The zero-order valence-electron chi connectivity index (χ0n) is 19.7. The Labute approximate surface area is 199 Å². The highest BCUT2D eigenvalue weighted by atomic mass is 32.2. The third kappa shape index (κ3) is 3.26. The summed E-state index contributed by atoms with van der Waals surface area (Å²) < 4.78 is 31.6. The van der Waals surface area contributed by atoms with Crippen LogP contribution < -0.4 is 0 Å². The molecular weight excluding hydrogens is 454 g/mol. The van der Waals surface area contributed by atoms with Gasteiger partial charge in [0.05, 0.1) is 22.3 Å². The minimum absolute atomic E-state index is 0.0760. The largest absolute Gasteiger partial charge is 0.299 e. The van der Waals surface area contributed by atoms with Gasteiger partial charge in [0, 0.05) is 11.8 Å². The van der Waals surface area contributed by atoms with Gasteiger partial charge in [0.2, 0.25) is 0 Å². The molecule has 0 spiro atoms. The van der Waals surface area contributed by atoms with Crippen molar-refractivity contribution in [3.05, 3.63) is 47.0 Å². The third-order valence-electron chi connectivity index (χ3n) is 8.44. The molecule has 3 aliphatic rings. The number of aryl methyl sites for hydroxylation is 1. The first-order valence-corrected chi connectivity index (χ1v) is 13.5. The Bertz CT molecular complexity index is 1340. The number of benzene rings is 2. The van der Waals surface area contributed by atoms with Gasteiger partial charge in [-0.15, -0.1) is 9.35 Å². The second-order valence-electron chi connectivity index (χ2n) is 10.5. The van der Waals surface area contributed by atoms with Crippen molar-refractivity contribution in [3.63, 3.8) is 0 Å². The number of hydroxylamine groups is 2. The van der Waals surface area contributed by atoms with Crippen LogP contribution in [0.15, 0.2) is 30.3 Å². The number of unbranched alkanes of at least 4 members (excludes halogenated alkanes) is 1. The van der Waals surface area contributed by atoms with Gasteiger partial charge in [-0.1, -0.05) is 45.4 Å². The molecule has 2 amide bonds. The fourth-order valence-corrected chi connectivity index (χ4v) is 7.99. The number of imide groups is 1. The second kappa shape index (κ2) is 7.71. The summed E-state index contributed by atoms with van der Waals surface area (Å²) in [6, 6.07) is 8.81. The first-order chi connectivity index (χ1) is 16.0. The molecule has 2 bridgehead atoms. The lowest BCUT2D eigenvalue weighted by Gasteiger charge is -2.36. The lowest BCUT2D eigenvalue weighted by Crippen LogP contribution is -2.46. The molecule has 2 saturated carbocycles. The van der Waals surface area contributed by atoms with Crippen LogP contribution in [0.2, 0.25) is 0 Å². The summed E-state index contributed by atoms with van der Waals surface area (Å²) in [5.41, 5.74) is -0.112. The number of hydrogen-bond acceptors (Lipinski definition) is 6. The summed E-state index contributed by atoms with van der Waals surface area (Å²) in [6.07, 6.45) is 4.32. The quantitative estimate of drug-likeness (QED) is 0.540. The molecule has 5 rings (SSSR count). The first-order valence-electron chi connectivity index (χ1n) is 11.9. The number of fused-ring (bicyclic) bond motifs is 2. The van der Waals surface area contributed by atoms with E-state index in [1.54, 1.807) is 18.2 Å². The molecule has 0 N–H and O–H groups in total. The molecule has 0 saturated heterocycles. The van der Waals surface area contributed by atoms with E-state index in [0.29, 0.717) is 23.3 Å². The van der Waals surface area contributed by atoms with Crippen molar-refractivity contribution in [3.8, 4) is 0 Å². The number of ketones is 1. The van der Waals surface area contributed by atoms with Crippen molar-refractivity contribution in [2.45, 2.75) is 59.3 Å². The molecule has 0 aromatic heterocycles. The van der Waals surface area contributed by atoms with Crippen molar-refractivity contribution < 1.29 is 27.1 Å². The summed E-state index contributed by atoms with van der Waals surface area (Å²) in [5, 5.41) is 1.64. The van der Waals surface area contributed by atoms with Crippen LogP contribution in [0, 0.1) is 16.7 Å². The van der Waals surface area contributed by atoms with Crippen LogP contribution in [0.4, 0.5) is 0 Å². The van der Waals surface area contributed by atoms with Crippen molar-refractivity contribution in [2.24, 2.45) is 16.7 Å². The smallest absolute Gasteiger partial charge is 0.289 e. The van der Waals surface area contributed by atoms with Crippen molar-refractivity contribution >= 4 is 38.5 Å². The van der Waals surface area contributed by atoms with E-state index in [0.717, 1.165) is 36.6 Å². The van der Waals surface area contributed by atoms with E-state index in [1.807, 2.05) is 26.0 Å². The molecular formula is C26H29NO6S. The Hall–Kier alpha value is -2.58. The number of rotatable bonds is 7. The van der Waals surface area contributed by atoms with Crippen LogP contribution in [0.3, 0.4) is 0 Å². The van der Waals surface area contributed by atoms with Gasteiger partial charge in [-0.05, 0) is 60.1 Å². The number of carbonyl (C=O) groups is 3. The molecule has 2 aromatic rings. The lowest BCUT2D eigenvalue weighted by atomic mass is 9.70. The zero-order valence-corrected chi connectivity index (χ0v) is 20.5. The average molecular weight is 484 g/mol. The third-order valence-corrected chi connectivity index (χ3v) is 9.66. The molecule has 2 fully saturated rings. The second-order valence-corrected chi connectivity index (χ2v) is 12.1.